The molecule has 0 aliphatic heterocycles. The average molecular weight is 492 g/mol. The van der Waals surface area contributed by atoms with Crippen LogP contribution in [0, 0.1) is 13.8 Å². The van der Waals surface area contributed by atoms with Crippen LogP contribution in [-0.4, -0.2) is 39.4 Å². The first-order valence-corrected chi connectivity index (χ1v) is 11.8. The van der Waals surface area contributed by atoms with Crippen molar-refractivity contribution in [3.63, 3.8) is 0 Å². The zero-order valence-corrected chi connectivity index (χ0v) is 20.4. The second-order valence-corrected chi connectivity index (χ2v) is 8.62. The summed E-state index contributed by atoms with van der Waals surface area (Å²) in [6.07, 6.45) is 1.44. The lowest BCUT2D eigenvalue weighted by atomic mass is 10.1. The van der Waals surface area contributed by atoms with Crippen LogP contribution in [0.4, 0.5) is 5.69 Å². The molecular formula is C25H25N5O4S. The number of ether oxygens (including phenoxy) is 1. The minimum absolute atomic E-state index is 0.133. The third-order valence-corrected chi connectivity index (χ3v) is 6.30. The molecule has 0 radical (unpaired) electrons. The quantitative estimate of drug-likeness (QED) is 0.338. The van der Waals surface area contributed by atoms with Crippen molar-refractivity contribution in [2.75, 3.05) is 18.2 Å². The van der Waals surface area contributed by atoms with E-state index in [1.807, 2.05) is 36.6 Å². The number of hydrogen-bond donors (Lipinski definition) is 2. The van der Waals surface area contributed by atoms with Crippen molar-refractivity contribution in [1.82, 2.24) is 20.1 Å². The van der Waals surface area contributed by atoms with Gasteiger partial charge in [0.1, 0.15) is 5.75 Å². The lowest BCUT2D eigenvalue weighted by molar-refractivity contribution is -0.113. The number of furan rings is 1. The van der Waals surface area contributed by atoms with Crippen LogP contribution < -0.4 is 15.4 Å². The molecule has 0 aliphatic rings. The third kappa shape index (κ3) is 5.72. The van der Waals surface area contributed by atoms with Gasteiger partial charge in [-0.2, -0.15) is 0 Å². The predicted molar refractivity (Wildman–Crippen MR) is 133 cm³/mol. The fourth-order valence-corrected chi connectivity index (χ4v) is 4.15. The molecule has 0 aliphatic carbocycles. The average Bonchev–Trinajstić information content (AvgIpc) is 3.54. The third-order valence-electron chi connectivity index (χ3n) is 5.38. The van der Waals surface area contributed by atoms with E-state index in [1.54, 1.807) is 43.5 Å². The molecule has 0 fully saturated rings. The number of rotatable bonds is 9. The number of benzene rings is 2. The van der Waals surface area contributed by atoms with E-state index >= 15 is 0 Å². The molecule has 180 valence electrons. The van der Waals surface area contributed by atoms with Crippen LogP contribution in [0.25, 0.3) is 5.69 Å². The molecule has 2 aromatic carbocycles. The molecule has 0 unspecified atom stereocenters. The van der Waals surface area contributed by atoms with E-state index in [9.17, 15) is 9.59 Å². The molecule has 0 spiro atoms. The minimum atomic E-state index is -0.349. The number of aryl methyl sites for hydroxylation is 1. The number of aromatic nitrogens is 3. The highest BCUT2D eigenvalue weighted by Gasteiger charge is 2.19. The summed E-state index contributed by atoms with van der Waals surface area (Å²) in [4.78, 5) is 24.9. The van der Waals surface area contributed by atoms with Crippen molar-refractivity contribution in [1.29, 1.82) is 0 Å². The zero-order valence-electron chi connectivity index (χ0n) is 19.6. The Morgan fingerprint density at radius 2 is 1.86 bits per heavy atom. The first-order valence-electron chi connectivity index (χ1n) is 10.9. The Morgan fingerprint density at radius 1 is 1.06 bits per heavy atom. The number of nitrogens with one attached hydrogen (secondary N) is 2. The summed E-state index contributed by atoms with van der Waals surface area (Å²) in [5, 5.41) is 14.8. The SMILES string of the molecule is COc1ccc(NC(=O)CSc2nnc(CNC(=O)c3ccco3)n2-c2cccc(C)c2C)cc1. The summed E-state index contributed by atoms with van der Waals surface area (Å²) in [6.45, 7) is 4.18. The molecule has 2 amide bonds. The summed E-state index contributed by atoms with van der Waals surface area (Å²) in [5.74, 6) is 1.07. The molecule has 2 heterocycles. The molecule has 35 heavy (non-hydrogen) atoms. The highest BCUT2D eigenvalue weighted by molar-refractivity contribution is 7.99. The Labute approximate surface area is 206 Å². The lowest BCUT2D eigenvalue weighted by Crippen LogP contribution is -2.24. The Bertz CT molecular complexity index is 1320. The zero-order chi connectivity index (χ0) is 24.8. The van der Waals surface area contributed by atoms with Crippen molar-refractivity contribution in [3.8, 4) is 11.4 Å². The maximum Gasteiger partial charge on any atom is 0.287 e. The molecule has 4 rings (SSSR count). The number of amides is 2. The van der Waals surface area contributed by atoms with E-state index in [0.717, 1.165) is 16.8 Å². The van der Waals surface area contributed by atoms with Gasteiger partial charge < -0.3 is 19.8 Å². The maximum atomic E-state index is 12.6. The van der Waals surface area contributed by atoms with Gasteiger partial charge in [0.25, 0.3) is 5.91 Å². The van der Waals surface area contributed by atoms with Gasteiger partial charge >= 0.3 is 0 Å². The normalized spacial score (nSPS) is 10.7. The van der Waals surface area contributed by atoms with Crippen molar-refractivity contribution in [2.45, 2.75) is 25.5 Å². The van der Waals surface area contributed by atoms with Crippen LogP contribution in [0.2, 0.25) is 0 Å². The standard InChI is InChI=1S/C25H25N5O4S/c1-16-6-4-7-20(17(16)2)30-22(14-26-24(32)21-8-5-13-34-21)28-29-25(30)35-15-23(31)27-18-9-11-19(33-3)12-10-18/h4-13H,14-15H2,1-3H3,(H,26,32)(H,27,31). The Hall–Kier alpha value is -4.05. The fourth-order valence-electron chi connectivity index (χ4n) is 3.38. The minimum Gasteiger partial charge on any atom is -0.497 e. The predicted octanol–water partition coefficient (Wildman–Crippen LogP) is 4.15. The van der Waals surface area contributed by atoms with Gasteiger partial charge in [-0.15, -0.1) is 10.2 Å². The van der Waals surface area contributed by atoms with Crippen molar-refractivity contribution in [3.05, 3.63) is 83.6 Å². The second-order valence-electron chi connectivity index (χ2n) is 7.68. The maximum absolute atomic E-state index is 12.6. The highest BCUT2D eigenvalue weighted by atomic mass is 32.2. The van der Waals surface area contributed by atoms with Gasteiger partial charge in [-0.1, -0.05) is 23.9 Å². The van der Waals surface area contributed by atoms with Crippen LogP contribution in [0.5, 0.6) is 5.75 Å². The van der Waals surface area contributed by atoms with Gasteiger partial charge in [-0.05, 0) is 67.4 Å². The molecule has 10 heteroatoms. The summed E-state index contributed by atoms with van der Waals surface area (Å²) >= 11 is 1.27. The molecule has 0 saturated heterocycles. The van der Waals surface area contributed by atoms with Gasteiger partial charge in [0.15, 0.2) is 16.7 Å². The van der Waals surface area contributed by atoms with Crippen molar-refractivity contribution in [2.24, 2.45) is 0 Å². The number of carbonyl (C=O) groups excluding carboxylic acids is 2. The fraction of sp³-hybridized carbons (Fsp3) is 0.200. The van der Waals surface area contributed by atoms with Gasteiger partial charge in [0.05, 0.1) is 31.4 Å². The summed E-state index contributed by atoms with van der Waals surface area (Å²) in [5.41, 5.74) is 3.72. The summed E-state index contributed by atoms with van der Waals surface area (Å²) in [7, 11) is 1.59. The largest absolute Gasteiger partial charge is 0.497 e. The molecule has 0 bridgehead atoms. The van der Waals surface area contributed by atoms with E-state index in [-0.39, 0.29) is 29.9 Å². The number of hydrogen-bond acceptors (Lipinski definition) is 7. The lowest BCUT2D eigenvalue weighted by Gasteiger charge is -2.14. The van der Waals surface area contributed by atoms with E-state index in [4.69, 9.17) is 9.15 Å². The van der Waals surface area contributed by atoms with Crippen LogP contribution in [-0.2, 0) is 11.3 Å². The van der Waals surface area contributed by atoms with Gasteiger partial charge in [-0.25, -0.2) is 0 Å². The van der Waals surface area contributed by atoms with Crippen molar-refractivity contribution < 1.29 is 18.7 Å². The summed E-state index contributed by atoms with van der Waals surface area (Å²) < 4.78 is 12.2. The van der Waals surface area contributed by atoms with Crippen LogP contribution in [0.15, 0.2) is 70.4 Å². The Kier molecular flexibility index (Phi) is 7.51. The van der Waals surface area contributed by atoms with Crippen LogP contribution in [0.3, 0.4) is 0 Å². The molecule has 0 atom stereocenters. The van der Waals surface area contributed by atoms with Gasteiger partial charge in [-0.3, -0.25) is 14.2 Å². The number of methoxy groups -OCH3 is 1. The Balaban J connectivity index is 1.52. The number of anilines is 1. The van der Waals surface area contributed by atoms with Crippen molar-refractivity contribution >= 4 is 29.3 Å². The monoisotopic (exact) mass is 491 g/mol. The van der Waals surface area contributed by atoms with E-state index < -0.39 is 0 Å². The smallest absolute Gasteiger partial charge is 0.287 e. The molecule has 9 nitrogen and oxygen atoms in total. The molecule has 2 N–H and O–H groups in total. The Morgan fingerprint density at radius 3 is 2.57 bits per heavy atom. The number of nitrogens with zero attached hydrogens (tertiary/aromatic N) is 3. The molecule has 2 aromatic heterocycles. The summed E-state index contributed by atoms with van der Waals surface area (Å²) in [6, 6.07) is 16.3. The van der Waals surface area contributed by atoms with Gasteiger partial charge in [0.2, 0.25) is 5.91 Å². The second kappa shape index (κ2) is 10.9. The molecule has 4 aromatic rings. The molecular weight excluding hydrogens is 466 g/mol. The number of thioether (sulfide) groups is 1. The first-order chi connectivity index (χ1) is 17.0. The highest BCUT2D eigenvalue weighted by Crippen LogP contribution is 2.26. The van der Waals surface area contributed by atoms with E-state index in [2.05, 4.69) is 20.8 Å². The molecule has 0 saturated carbocycles. The number of carbonyl (C=O) groups is 2. The first kappa shape index (κ1) is 24.1. The van der Waals surface area contributed by atoms with Gasteiger partial charge in [0, 0.05) is 5.69 Å². The van der Waals surface area contributed by atoms with E-state index in [1.165, 1.54) is 18.0 Å². The van der Waals surface area contributed by atoms with Crippen LogP contribution in [0.1, 0.15) is 27.5 Å². The topological polar surface area (TPSA) is 111 Å². The van der Waals surface area contributed by atoms with Crippen LogP contribution >= 0.6 is 11.8 Å². The van der Waals surface area contributed by atoms with E-state index in [0.29, 0.717) is 22.4 Å².